The molecule has 0 bridgehead atoms. The summed E-state index contributed by atoms with van der Waals surface area (Å²) in [6.07, 6.45) is 3.49. The van der Waals surface area contributed by atoms with Crippen molar-refractivity contribution in [3.8, 4) is 0 Å². The van der Waals surface area contributed by atoms with Crippen molar-refractivity contribution in [2.45, 2.75) is 31.3 Å². The molecular weight excluding hydrogens is 325 g/mol. The Balaban J connectivity index is 1.46. The van der Waals surface area contributed by atoms with Crippen LogP contribution in [0.4, 0.5) is 4.39 Å². The highest BCUT2D eigenvalue weighted by atomic mass is 35.5. The lowest BCUT2D eigenvalue weighted by atomic mass is 9.84. The van der Waals surface area contributed by atoms with Crippen molar-refractivity contribution < 1.29 is 9.50 Å². The van der Waals surface area contributed by atoms with E-state index < -0.39 is 5.60 Å². The van der Waals surface area contributed by atoms with Crippen LogP contribution in [0.15, 0.2) is 48.5 Å². The topological polar surface area (TPSA) is 23.5 Å². The van der Waals surface area contributed by atoms with Gasteiger partial charge in [-0.15, -0.1) is 0 Å². The van der Waals surface area contributed by atoms with Gasteiger partial charge in [0.25, 0.3) is 0 Å². The first-order valence-electron chi connectivity index (χ1n) is 8.50. The number of benzene rings is 2. The van der Waals surface area contributed by atoms with Crippen LogP contribution >= 0.6 is 11.6 Å². The second-order valence-corrected chi connectivity index (χ2v) is 7.05. The summed E-state index contributed by atoms with van der Waals surface area (Å²) in [5, 5.41) is 11.6. The van der Waals surface area contributed by atoms with Gasteiger partial charge in [-0.05, 0) is 67.6 Å². The molecule has 1 saturated heterocycles. The van der Waals surface area contributed by atoms with Gasteiger partial charge in [0.15, 0.2) is 0 Å². The van der Waals surface area contributed by atoms with Crippen molar-refractivity contribution in [1.82, 2.24) is 4.90 Å². The van der Waals surface area contributed by atoms with Gasteiger partial charge < -0.3 is 10.0 Å². The van der Waals surface area contributed by atoms with E-state index in [1.54, 1.807) is 0 Å². The minimum Gasteiger partial charge on any atom is -0.385 e. The SMILES string of the molecule is OC1(c2ccc(Cl)cc2)CCN(CCCc2ccc(F)cc2)CC1. The smallest absolute Gasteiger partial charge is 0.123 e. The van der Waals surface area contributed by atoms with Gasteiger partial charge in [-0.3, -0.25) is 0 Å². The Morgan fingerprint density at radius 1 is 1.00 bits per heavy atom. The number of rotatable bonds is 5. The van der Waals surface area contributed by atoms with E-state index in [1.165, 1.54) is 17.7 Å². The minimum atomic E-state index is -0.738. The van der Waals surface area contributed by atoms with E-state index >= 15 is 0 Å². The molecule has 4 heteroatoms. The number of hydrogen-bond acceptors (Lipinski definition) is 2. The summed E-state index contributed by atoms with van der Waals surface area (Å²) in [5.74, 6) is -0.184. The zero-order chi connectivity index (χ0) is 17.0. The number of halogens is 2. The van der Waals surface area contributed by atoms with Crippen LogP contribution in [-0.4, -0.2) is 29.6 Å². The second kappa shape index (κ2) is 7.64. The Morgan fingerprint density at radius 3 is 2.25 bits per heavy atom. The molecule has 0 amide bonds. The second-order valence-electron chi connectivity index (χ2n) is 6.61. The molecular formula is C20H23ClFNO. The third-order valence-electron chi connectivity index (χ3n) is 4.92. The largest absolute Gasteiger partial charge is 0.385 e. The van der Waals surface area contributed by atoms with Crippen LogP contribution in [0.25, 0.3) is 0 Å². The Kier molecular flexibility index (Phi) is 5.54. The Morgan fingerprint density at radius 2 is 1.62 bits per heavy atom. The fraction of sp³-hybridized carbons (Fsp3) is 0.400. The fourth-order valence-corrected chi connectivity index (χ4v) is 3.48. The van der Waals surface area contributed by atoms with Crippen LogP contribution in [0, 0.1) is 5.82 Å². The quantitative estimate of drug-likeness (QED) is 0.866. The lowest BCUT2D eigenvalue weighted by Gasteiger charge is -2.38. The Bertz CT molecular complexity index is 648. The van der Waals surface area contributed by atoms with E-state index in [2.05, 4.69) is 4.90 Å². The van der Waals surface area contributed by atoms with Gasteiger partial charge >= 0.3 is 0 Å². The van der Waals surface area contributed by atoms with Crippen molar-refractivity contribution in [2.75, 3.05) is 19.6 Å². The highest BCUT2D eigenvalue weighted by Crippen LogP contribution is 2.33. The first-order valence-corrected chi connectivity index (χ1v) is 8.88. The lowest BCUT2D eigenvalue weighted by molar-refractivity contribution is -0.0259. The van der Waals surface area contributed by atoms with Crippen LogP contribution in [0.1, 0.15) is 30.4 Å². The zero-order valence-corrected chi connectivity index (χ0v) is 14.5. The average molecular weight is 348 g/mol. The first-order chi connectivity index (χ1) is 11.5. The highest BCUT2D eigenvalue weighted by molar-refractivity contribution is 6.30. The molecule has 0 unspecified atom stereocenters. The lowest BCUT2D eigenvalue weighted by Crippen LogP contribution is -2.42. The van der Waals surface area contributed by atoms with Gasteiger partial charge in [-0.1, -0.05) is 35.9 Å². The number of aliphatic hydroxyl groups is 1. The van der Waals surface area contributed by atoms with E-state index in [-0.39, 0.29) is 5.82 Å². The average Bonchev–Trinajstić information content (AvgIpc) is 2.59. The maximum absolute atomic E-state index is 12.9. The zero-order valence-electron chi connectivity index (χ0n) is 13.7. The van der Waals surface area contributed by atoms with Gasteiger partial charge in [-0.2, -0.15) is 0 Å². The molecule has 0 atom stereocenters. The summed E-state index contributed by atoms with van der Waals surface area (Å²) in [6.45, 7) is 2.79. The number of likely N-dealkylation sites (tertiary alicyclic amines) is 1. The van der Waals surface area contributed by atoms with Crippen molar-refractivity contribution in [3.63, 3.8) is 0 Å². The highest BCUT2D eigenvalue weighted by Gasteiger charge is 2.33. The van der Waals surface area contributed by atoms with E-state index in [9.17, 15) is 9.50 Å². The van der Waals surface area contributed by atoms with Gasteiger partial charge in [0.1, 0.15) is 5.82 Å². The molecule has 1 N–H and O–H groups in total. The molecule has 0 spiro atoms. The molecule has 1 aliphatic rings. The van der Waals surface area contributed by atoms with Crippen LogP contribution in [0.2, 0.25) is 5.02 Å². The van der Waals surface area contributed by atoms with Crippen molar-refractivity contribution in [2.24, 2.45) is 0 Å². The molecule has 1 fully saturated rings. The summed E-state index contributed by atoms with van der Waals surface area (Å²) in [6, 6.07) is 14.3. The summed E-state index contributed by atoms with van der Waals surface area (Å²) in [5.41, 5.74) is 1.39. The molecule has 0 saturated carbocycles. The third kappa shape index (κ3) is 4.35. The minimum absolute atomic E-state index is 0.184. The summed E-state index contributed by atoms with van der Waals surface area (Å²) < 4.78 is 12.9. The molecule has 2 aromatic rings. The number of piperidine rings is 1. The van der Waals surface area contributed by atoms with E-state index in [0.717, 1.165) is 50.9 Å². The van der Waals surface area contributed by atoms with Crippen LogP contribution < -0.4 is 0 Å². The molecule has 3 rings (SSSR count). The maximum Gasteiger partial charge on any atom is 0.123 e. The van der Waals surface area contributed by atoms with E-state index in [0.29, 0.717) is 5.02 Å². The van der Waals surface area contributed by atoms with Gasteiger partial charge in [0.2, 0.25) is 0 Å². The summed E-state index contributed by atoms with van der Waals surface area (Å²) in [4.78, 5) is 2.40. The van der Waals surface area contributed by atoms with Crippen molar-refractivity contribution >= 4 is 11.6 Å². The molecule has 0 radical (unpaired) electrons. The summed E-state index contributed by atoms with van der Waals surface area (Å²) in [7, 11) is 0. The van der Waals surface area contributed by atoms with Crippen LogP contribution in [-0.2, 0) is 12.0 Å². The molecule has 24 heavy (non-hydrogen) atoms. The van der Waals surface area contributed by atoms with Crippen LogP contribution in [0.3, 0.4) is 0 Å². The first kappa shape index (κ1) is 17.4. The maximum atomic E-state index is 12.9. The molecule has 1 heterocycles. The molecule has 1 aliphatic heterocycles. The normalized spacial score (nSPS) is 17.8. The standard InChI is InChI=1S/C20H23ClFNO/c21-18-7-5-17(6-8-18)20(24)11-14-23(15-12-20)13-1-2-16-3-9-19(22)10-4-16/h3-10,24H,1-2,11-15H2. The number of nitrogens with zero attached hydrogens (tertiary/aromatic N) is 1. The predicted molar refractivity (Wildman–Crippen MR) is 95.7 cm³/mol. The van der Waals surface area contributed by atoms with Crippen molar-refractivity contribution in [3.05, 3.63) is 70.5 Å². The molecule has 2 nitrogen and oxygen atoms in total. The summed E-state index contributed by atoms with van der Waals surface area (Å²) >= 11 is 5.92. The van der Waals surface area contributed by atoms with E-state index in [1.807, 2.05) is 36.4 Å². The predicted octanol–water partition coefficient (Wildman–Crippen LogP) is 4.40. The molecule has 0 aliphatic carbocycles. The van der Waals surface area contributed by atoms with Crippen molar-refractivity contribution in [1.29, 1.82) is 0 Å². The van der Waals surface area contributed by atoms with Gasteiger partial charge in [0, 0.05) is 18.1 Å². The Labute approximate surface area is 147 Å². The molecule has 2 aromatic carbocycles. The monoisotopic (exact) mass is 347 g/mol. The van der Waals surface area contributed by atoms with E-state index in [4.69, 9.17) is 11.6 Å². The third-order valence-corrected chi connectivity index (χ3v) is 5.17. The number of aryl methyl sites for hydroxylation is 1. The van der Waals surface area contributed by atoms with Gasteiger partial charge in [0.05, 0.1) is 5.60 Å². The molecule has 128 valence electrons. The molecule has 0 aromatic heterocycles. The number of hydrogen-bond donors (Lipinski definition) is 1. The van der Waals surface area contributed by atoms with Gasteiger partial charge in [-0.25, -0.2) is 4.39 Å². The Hall–Kier alpha value is -1.42. The van der Waals surface area contributed by atoms with Crippen LogP contribution in [0.5, 0.6) is 0 Å². The fourth-order valence-electron chi connectivity index (χ4n) is 3.35.